The van der Waals surface area contributed by atoms with Gasteiger partial charge in [-0.2, -0.15) is 0 Å². The zero-order valence-electron chi connectivity index (χ0n) is 14.1. The number of piperazine rings is 1. The lowest BCUT2D eigenvalue weighted by molar-refractivity contribution is 0.0197. The van der Waals surface area contributed by atoms with Gasteiger partial charge in [0.25, 0.3) is 0 Å². The van der Waals surface area contributed by atoms with Crippen LogP contribution in [0.2, 0.25) is 0 Å². The van der Waals surface area contributed by atoms with Gasteiger partial charge in [0.05, 0.1) is 5.69 Å². The molecule has 2 rings (SSSR count). The Labute approximate surface area is 130 Å². The minimum Gasteiger partial charge on any atom is -0.311 e. The number of hydrogen-bond donors (Lipinski definition) is 1. The van der Waals surface area contributed by atoms with Crippen molar-refractivity contribution in [1.29, 1.82) is 0 Å². The van der Waals surface area contributed by atoms with E-state index in [9.17, 15) is 0 Å². The molecule has 0 spiro atoms. The van der Waals surface area contributed by atoms with Gasteiger partial charge in [-0.25, -0.2) is 0 Å². The fraction of sp³-hybridized carbons (Fsp3) is 0.722. The summed E-state index contributed by atoms with van der Waals surface area (Å²) in [4.78, 5) is 7.21. The quantitative estimate of drug-likeness (QED) is 0.869. The van der Waals surface area contributed by atoms with Crippen molar-refractivity contribution in [2.24, 2.45) is 5.92 Å². The maximum atomic E-state index is 4.53. The van der Waals surface area contributed by atoms with Crippen molar-refractivity contribution in [1.82, 2.24) is 15.2 Å². The van der Waals surface area contributed by atoms with Crippen LogP contribution in [0.1, 0.15) is 52.7 Å². The van der Waals surface area contributed by atoms with Crippen molar-refractivity contribution >= 4 is 0 Å². The van der Waals surface area contributed by atoms with Gasteiger partial charge < -0.3 is 5.32 Å². The highest BCUT2D eigenvalue weighted by Gasteiger charge is 2.38. The van der Waals surface area contributed by atoms with Crippen molar-refractivity contribution in [3.63, 3.8) is 0 Å². The molecule has 1 fully saturated rings. The Morgan fingerprint density at radius 2 is 2.10 bits per heavy atom. The topological polar surface area (TPSA) is 28.2 Å². The molecule has 0 radical (unpaired) electrons. The van der Waals surface area contributed by atoms with E-state index < -0.39 is 0 Å². The van der Waals surface area contributed by atoms with Crippen LogP contribution in [0.15, 0.2) is 24.4 Å². The van der Waals surface area contributed by atoms with Crippen LogP contribution in [-0.2, 0) is 6.54 Å². The molecule has 1 unspecified atom stereocenters. The van der Waals surface area contributed by atoms with E-state index in [1.807, 2.05) is 12.3 Å². The standard InChI is InChI=1S/C18H31N3/c1-5-18(6-2)14-20-17(11-15(3)4)13-21(18)12-16-9-7-8-10-19-16/h7-10,15,17,20H,5-6,11-14H2,1-4H3. The van der Waals surface area contributed by atoms with Crippen LogP contribution in [0.25, 0.3) is 0 Å². The molecule has 0 saturated carbocycles. The number of hydrogen-bond acceptors (Lipinski definition) is 3. The molecule has 1 N–H and O–H groups in total. The maximum absolute atomic E-state index is 4.53. The van der Waals surface area contributed by atoms with E-state index in [0.717, 1.165) is 25.6 Å². The molecule has 0 amide bonds. The van der Waals surface area contributed by atoms with Gasteiger partial charge in [-0.1, -0.05) is 33.8 Å². The van der Waals surface area contributed by atoms with Gasteiger partial charge in [0.15, 0.2) is 0 Å². The van der Waals surface area contributed by atoms with Crippen LogP contribution in [0.5, 0.6) is 0 Å². The van der Waals surface area contributed by atoms with Gasteiger partial charge in [0, 0.05) is 37.4 Å². The molecule has 21 heavy (non-hydrogen) atoms. The monoisotopic (exact) mass is 289 g/mol. The molecule has 1 aromatic rings. The number of aromatic nitrogens is 1. The Kier molecular flexibility index (Phi) is 5.77. The lowest BCUT2D eigenvalue weighted by Crippen LogP contribution is -2.64. The van der Waals surface area contributed by atoms with E-state index in [4.69, 9.17) is 0 Å². The number of rotatable bonds is 6. The molecule has 118 valence electrons. The molecule has 1 aliphatic rings. The molecule has 3 nitrogen and oxygen atoms in total. The number of nitrogens with zero attached hydrogens (tertiary/aromatic N) is 2. The first-order valence-corrected chi connectivity index (χ1v) is 8.48. The Hall–Kier alpha value is -0.930. The second-order valence-corrected chi connectivity index (χ2v) is 6.84. The minimum atomic E-state index is 0.283. The smallest absolute Gasteiger partial charge is 0.0544 e. The predicted molar refractivity (Wildman–Crippen MR) is 89.2 cm³/mol. The Morgan fingerprint density at radius 3 is 2.67 bits per heavy atom. The summed E-state index contributed by atoms with van der Waals surface area (Å²) in [7, 11) is 0. The average Bonchev–Trinajstić information content (AvgIpc) is 2.49. The molecule has 3 heteroatoms. The van der Waals surface area contributed by atoms with Gasteiger partial charge in [-0.3, -0.25) is 9.88 Å². The zero-order valence-corrected chi connectivity index (χ0v) is 14.1. The van der Waals surface area contributed by atoms with Gasteiger partial charge in [0.2, 0.25) is 0 Å². The Morgan fingerprint density at radius 1 is 1.33 bits per heavy atom. The predicted octanol–water partition coefficient (Wildman–Crippen LogP) is 3.46. The maximum Gasteiger partial charge on any atom is 0.0544 e. The summed E-state index contributed by atoms with van der Waals surface area (Å²) in [5.74, 6) is 0.745. The SMILES string of the molecule is CCC1(CC)CNC(CC(C)C)CN1Cc1ccccn1. The van der Waals surface area contributed by atoms with E-state index in [1.165, 1.54) is 25.0 Å². The van der Waals surface area contributed by atoms with E-state index >= 15 is 0 Å². The van der Waals surface area contributed by atoms with Crippen molar-refractivity contribution in [2.75, 3.05) is 13.1 Å². The first kappa shape index (κ1) is 16.4. The molecule has 2 heterocycles. The Balaban J connectivity index is 2.13. The third-order valence-corrected chi connectivity index (χ3v) is 4.98. The molecule has 1 saturated heterocycles. The van der Waals surface area contributed by atoms with Crippen LogP contribution >= 0.6 is 0 Å². The summed E-state index contributed by atoms with van der Waals surface area (Å²) in [6.07, 6.45) is 5.54. The van der Waals surface area contributed by atoms with Gasteiger partial charge >= 0.3 is 0 Å². The zero-order chi connectivity index (χ0) is 15.3. The average molecular weight is 289 g/mol. The summed E-state index contributed by atoms with van der Waals surface area (Å²) in [6, 6.07) is 6.85. The van der Waals surface area contributed by atoms with Crippen molar-refractivity contribution < 1.29 is 0 Å². The lowest BCUT2D eigenvalue weighted by Gasteiger charge is -2.50. The largest absolute Gasteiger partial charge is 0.311 e. The fourth-order valence-electron chi connectivity index (χ4n) is 3.56. The van der Waals surface area contributed by atoms with E-state index in [0.29, 0.717) is 6.04 Å². The molecule has 1 atom stereocenters. The third kappa shape index (κ3) is 4.04. The second kappa shape index (κ2) is 7.37. The van der Waals surface area contributed by atoms with Crippen LogP contribution in [0.3, 0.4) is 0 Å². The molecular formula is C18H31N3. The van der Waals surface area contributed by atoms with E-state index in [1.54, 1.807) is 0 Å². The summed E-state index contributed by atoms with van der Waals surface area (Å²) in [5.41, 5.74) is 1.47. The third-order valence-electron chi connectivity index (χ3n) is 4.98. The van der Waals surface area contributed by atoms with E-state index in [2.05, 4.69) is 55.0 Å². The number of pyridine rings is 1. The first-order valence-electron chi connectivity index (χ1n) is 8.48. The molecule has 0 aromatic carbocycles. The van der Waals surface area contributed by atoms with Crippen LogP contribution in [-0.4, -0.2) is 34.6 Å². The summed E-state index contributed by atoms with van der Waals surface area (Å²) in [6.45, 7) is 12.5. The van der Waals surface area contributed by atoms with E-state index in [-0.39, 0.29) is 5.54 Å². The van der Waals surface area contributed by atoms with Gasteiger partial charge in [0.1, 0.15) is 0 Å². The molecule has 1 aliphatic heterocycles. The second-order valence-electron chi connectivity index (χ2n) is 6.84. The number of nitrogens with one attached hydrogen (secondary N) is 1. The van der Waals surface area contributed by atoms with Crippen LogP contribution in [0.4, 0.5) is 0 Å². The molecule has 0 bridgehead atoms. The summed E-state index contributed by atoms with van der Waals surface area (Å²) in [5, 5.41) is 3.80. The summed E-state index contributed by atoms with van der Waals surface area (Å²) >= 11 is 0. The van der Waals surface area contributed by atoms with Crippen LogP contribution in [0, 0.1) is 5.92 Å². The molecule has 1 aromatic heterocycles. The minimum absolute atomic E-state index is 0.283. The van der Waals surface area contributed by atoms with Gasteiger partial charge in [-0.05, 0) is 37.3 Å². The summed E-state index contributed by atoms with van der Waals surface area (Å²) < 4.78 is 0. The molecule has 0 aliphatic carbocycles. The molecular weight excluding hydrogens is 258 g/mol. The highest BCUT2D eigenvalue weighted by atomic mass is 15.3. The highest BCUT2D eigenvalue weighted by molar-refractivity contribution is 5.06. The Bertz CT molecular complexity index is 412. The lowest BCUT2D eigenvalue weighted by atomic mass is 9.85. The highest BCUT2D eigenvalue weighted by Crippen LogP contribution is 2.29. The fourth-order valence-corrected chi connectivity index (χ4v) is 3.56. The van der Waals surface area contributed by atoms with Crippen molar-refractivity contribution in [2.45, 2.75) is 65.1 Å². The van der Waals surface area contributed by atoms with Crippen molar-refractivity contribution in [3.05, 3.63) is 30.1 Å². The normalized spacial score (nSPS) is 22.6. The van der Waals surface area contributed by atoms with Crippen LogP contribution < -0.4 is 5.32 Å². The first-order chi connectivity index (χ1) is 10.1. The van der Waals surface area contributed by atoms with Crippen molar-refractivity contribution in [3.8, 4) is 0 Å². The van der Waals surface area contributed by atoms with Gasteiger partial charge in [-0.15, -0.1) is 0 Å².